The first-order valence-electron chi connectivity index (χ1n) is 6.10. The zero-order valence-electron chi connectivity index (χ0n) is 11.1. The van der Waals surface area contributed by atoms with E-state index in [4.69, 9.17) is 5.73 Å². The summed E-state index contributed by atoms with van der Waals surface area (Å²) in [6, 6.07) is 5.10. The molecule has 1 aromatic rings. The van der Waals surface area contributed by atoms with Gasteiger partial charge in [-0.15, -0.1) is 0 Å². The van der Waals surface area contributed by atoms with Crippen LogP contribution in [0.1, 0.15) is 24.2 Å². The van der Waals surface area contributed by atoms with Gasteiger partial charge in [0.1, 0.15) is 0 Å². The van der Waals surface area contributed by atoms with Crippen LogP contribution in [0.25, 0.3) is 0 Å². The highest BCUT2D eigenvalue weighted by Gasteiger charge is 2.19. The molecule has 1 rings (SSSR count). The van der Waals surface area contributed by atoms with Crippen LogP contribution in [0.3, 0.4) is 0 Å². The van der Waals surface area contributed by atoms with Crippen LogP contribution in [-0.4, -0.2) is 36.3 Å². The second-order valence-corrected chi connectivity index (χ2v) is 4.92. The van der Waals surface area contributed by atoms with Crippen molar-refractivity contribution >= 4 is 33.4 Å². The Bertz CT molecular complexity index is 477. The summed E-state index contributed by atoms with van der Waals surface area (Å²) < 4.78 is 0.777. The Labute approximate surface area is 121 Å². The van der Waals surface area contributed by atoms with Crippen molar-refractivity contribution in [2.75, 3.05) is 25.4 Å². The Morgan fingerprint density at radius 2 is 2.05 bits per heavy atom. The molecule has 0 radical (unpaired) electrons. The van der Waals surface area contributed by atoms with E-state index in [9.17, 15) is 9.59 Å². The van der Waals surface area contributed by atoms with Crippen molar-refractivity contribution in [1.82, 2.24) is 10.2 Å². The third kappa shape index (κ3) is 4.24. The zero-order chi connectivity index (χ0) is 14.4. The minimum Gasteiger partial charge on any atom is -0.398 e. The van der Waals surface area contributed by atoms with E-state index in [1.54, 1.807) is 18.2 Å². The molecule has 3 N–H and O–H groups in total. The molecule has 0 aliphatic carbocycles. The van der Waals surface area contributed by atoms with E-state index in [1.807, 2.05) is 13.8 Å². The second kappa shape index (κ2) is 7.13. The molecule has 0 saturated heterocycles. The number of halogens is 1. The summed E-state index contributed by atoms with van der Waals surface area (Å²) in [4.78, 5) is 25.3. The maximum atomic E-state index is 12.3. The van der Waals surface area contributed by atoms with Crippen molar-refractivity contribution in [2.45, 2.75) is 13.8 Å². The van der Waals surface area contributed by atoms with Crippen LogP contribution in [0.2, 0.25) is 0 Å². The van der Waals surface area contributed by atoms with Crippen molar-refractivity contribution < 1.29 is 9.59 Å². The Morgan fingerprint density at radius 3 is 2.63 bits per heavy atom. The van der Waals surface area contributed by atoms with Gasteiger partial charge in [-0.3, -0.25) is 9.59 Å². The first-order chi connectivity index (χ1) is 8.99. The van der Waals surface area contributed by atoms with E-state index in [0.717, 1.165) is 4.47 Å². The van der Waals surface area contributed by atoms with Crippen molar-refractivity contribution in [3.05, 3.63) is 28.2 Å². The lowest BCUT2D eigenvalue weighted by Gasteiger charge is -2.21. The quantitative estimate of drug-likeness (QED) is 0.807. The van der Waals surface area contributed by atoms with Gasteiger partial charge in [0.25, 0.3) is 5.91 Å². The third-order valence-corrected chi connectivity index (χ3v) is 3.12. The van der Waals surface area contributed by atoms with Crippen LogP contribution in [0.4, 0.5) is 5.69 Å². The normalized spacial score (nSPS) is 10.1. The molecule has 0 aliphatic rings. The van der Waals surface area contributed by atoms with Gasteiger partial charge < -0.3 is 16.0 Å². The molecule has 0 bridgehead atoms. The molecule has 1 aromatic carbocycles. The Morgan fingerprint density at radius 1 is 1.37 bits per heavy atom. The molecule has 0 aromatic heterocycles. The molecule has 0 unspecified atom stereocenters. The molecule has 19 heavy (non-hydrogen) atoms. The highest BCUT2D eigenvalue weighted by atomic mass is 79.9. The number of carbonyl (C=O) groups excluding carboxylic acids is 2. The van der Waals surface area contributed by atoms with E-state index in [-0.39, 0.29) is 18.4 Å². The average Bonchev–Trinajstić information content (AvgIpc) is 2.38. The fraction of sp³-hybridized carbons (Fsp3) is 0.385. The average molecular weight is 328 g/mol. The number of nitrogen functional groups attached to an aromatic ring is 1. The molecule has 0 aliphatic heterocycles. The number of likely N-dealkylation sites (N-methyl/N-ethyl adjacent to an activating group) is 2. The first-order valence-corrected chi connectivity index (χ1v) is 6.89. The van der Waals surface area contributed by atoms with Gasteiger partial charge >= 0.3 is 0 Å². The van der Waals surface area contributed by atoms with Gasteiger partial charge in [0.05, 0.1) is 12.1 Å². The van der Waals surface area contributed by atoms with E-state index in [0.29, 0.717) is 24.3 Å². The molecule has 2 amide bonds. The lowest BCUT2D eigenvalue weighted by molar-refractivity contribution is -0.121. The van der Waals surface area contributed by atoms with Gasteiger partial charge in [0.2, 0.25) is 5.91 Å². The van der Waals surface area contributed by atoms with Crippen LogP contribution in [-0.2, 0) is 4.79 Å². The fourth-order valence-electron chi connectivity index (χ4n) is 1.64. The number of hydrogen-bond donors (Lipinski definition) is 2. The molecule has 0 heterocycles. The molecular formula is C13H18BrN3O2. The van der Waals surface area contributed by atoms with E-state index in [1.165, 1.54) is 4.90 Å². The number of anilines is 1. The Hall–Kier alpha value is -1.56. The molecule has 0 fully saturated rings. The number of benzene rings is 1. The summed E-state index contributed by atoms with van der Waals surface area (Å²) >= 11 is 3.31. The van der Waals surface area contributed by atoms with E-state index in [2.05, 4.69) is 21.2 Å². The van der Waals surface area contributed by atoms with Gasteiger partial charge in [-0.1, -0.05) is 15.9 Å². The fourth-order valence-corrected chi connectivity index (χ4v) is 2.00. The summed E-state index contributed by atoms with van der Waals surface area (Å²) in [6.45, 7) is 4.69. The standard InChI is InChI=1S/C13H18BrN3O2/c1-3-16-12(18)8-17(4-2)13(19)10-7-9(14)5-6-11(10)15/h5-7H,3-4,8,15H2,1-2H3,(H,16,18). The van der Waals surface area contributed by atoms with E-state index < -0.39 is 0 Å². The molecule has 0 atom stereocenters. The topological polar surface area (TPSA) is 75.4 Å². The van der Waals surface area contributed by atoms with Crippen molar-refractivity contribution in [1.29, 1.82) is 0 Å². The summed E-state index contributed by atoms with van der Waals surface area (Å²) in [5, 5.41) is 2.67. The van der Waals surface area contributed by atoms with Gasteiger partial charge in [0, 0.05) is 23.2 Å². The first kappa shape index (κ1) is 15.5. The van der Waals surface area contributed by atoms with E-state index >= 15 is 0 Å². The lowest BCUT2D eigenvalue weighted by Crippen LogP contribution is -2.40. The molecule has 5 nitrogen and oxygen atoms in total. The van der Waals surface area contributed by atoms with Crippen LogP contribution >= 0.6 is 15.9 Å². The summed E-state index contributed by atoms with van der Waals surface area (Å²) in [7, 11) is 0. The number of amides is 2. The van der Waals surface area contributed by atoms with Crippen LogP contribution in [0, 0.1) is 0 Å². The minimum absolute atomic E-state index is 0.0368. The molecule has 0 spiro atoms. The third-order valence-electron chi connectivity index (χ3n) is 2.62. The smallest absolute Gasteiger partial charge is 0.256 e. The van der Waals surface area contributed by atoms with Crippen LogP contribution in [0.5, 0.6) is 0 Å². The minimum atomic E-state index is -0.243. The summed E-state index contributed by atoms with van der Waals surface area (Å²) in [5.41, 5.74) is 6.61. The number of nitrogens with one attached hydrogen (secondary N) is 1. The number of hydrogen-bond acceptors (Lipinski definition) is 3. The zero-order valence-corrected chi connectivity index (χ0v) is 12.7. The summed E-state index contributed by atoms with van der Waals surface area (Å²) in [6.07, 6.45) is 0. The number of nitrogens with zero attached hydrogens (tertiary/aromatic N) is 1. The van der Waals surface area contributed by atoms with Crippen molar-refractivity contribution in [2.24, 2.45) is 0 Å². The van der Waals surface area contributed by atoms with Gasteiger partial charge in [-0.25, -0.2) is 0 Å². The van der Waals surface area contributed by atoms with Crippen molar-refractivity contribution in [3.63, 3.8) is 0 Å². The number of rotatable bonds is 5. The maximum Gasteiger partial charge on any atom is 0.256 e. The molecule has 0 saturated carbocycles. The Balaban J connectivity index is 2.89. The van der Waals surface area contributed by atoms with Gasteiger partial charge in [0.15, 0.2) is 0 Å². The highest BCUT2D eigenvalue weighted by molar-refractivity contribution is 9.10. The second-order valence-electron chi connectivity index (χ2n) is 4.00. The van der Waals surface area contributed by atoms with Crippen LogP contribution < -0.4 is 11.1 Å². The SMILES string of the molecule is CCNC(=O)CN(CC)C(=O)c1cc(Br)ccc1N. The maximum absolute atomic E-state index is 12.3. The van der Waals surface area contributed by atoms with Crippen LogP contribution in [0.15, 0.2) is 22.7 Å². The molecule has 6 heteroatoms. The molecule has 104 valence electrons. The summed E-state index contributed by atoms with van der Waals surface area (Å²) in [5.74, 6) is -0.418. The lowest BCUT2D eigenvalue weighted by atomic mass is 10.1. The van der Waals surface area contributed by atoms with Gasteiger partial charge in [-0.2, -0.15) is 0 Å². The molecular weight excluding hydrogens is 310 g/mol. The predicted molar refractivity (Wildman–Crippen MR) is 78.8 cm³/mol. The highest BCUT2D eigenvalue weighted by Crippen LogP contribution is 2.20. The largest absolute Gasteiger partial charge is 0.398 e. The van der Waals surface area contributed by atoms with Crippen molar-refractivity contribution in [3.8, 4) is 0 Å². The number of carbonyl (C=O) groups is 2. The monoisotopic (exact) mass is 327 g/mol. The predicted octanol–water partition coefficient (Wildman–Crippen LogP) is 1.63. The Kier molecular flexibility index (Phi) is 5.82. The number of nitrogens with two attached hydrogens (primary N) is 1. The van der Waals surface area contributed by atoms with Gasteiger partial charge in [-0.05, 0) is 32.0 Å².